The highest BCUT2D eigenvalue weighted by atomic mass is 35.5. The maximum atomic E-state index is 11.3. The number of thioether (sulfide) groups is 1. The summed E-state index contributed by atoms with van der Waals surface area (Å²) in [5.74, 6) is 1.25. The monoisotopic (exact) mass is 237 g/mol. The normalized spacial score (nSPS) is 12.2. The fraction of sp³-hybridized carbons (Fsp3) is 0.778. The molecule has 0 aliphatic carbocycles. The van der Waals surface area contributed by atoms with Crippen LogP contribution in [0.4, 0.5) is 0 Å². The molecular formula is C9H16ClNO2S. The number of Topliss-reactive ketones (excluding diaryl/α,β-unsaturated/α-hetero) is 1. The van der Waals surface area contributed by atoms with Crippen molar-refractivity contribution in [1.29, 1.82) is 0 Å². The van der Waals surface area contributed by atoms with E-state index in [1.807, 2.05) is 0 Å². The molecule has 1 amide bonds. The molecule has 0 fully saturated rings. The Hall–Kier alpha value is -0.220. The van der Waals surface area contributed by atoms with E-state index in [0.717, 1.165) is 12.2 Å². The van der Waals surface area contributed by atoms with Crippen molar-refractivity contribution in [1.82, 2.24) is 5.32 Å². The minimum Gasteiger partial charge on any atom is -0.346 e. The second kappa shape index (κ2) is 8.12. The molecule has 0 radical (unpaired) electrons. The lowest BCUT2D eigenvalue weighted by atomic mass is 10.2. The van der Waals surface area contributed by atoms with Crippen LogP contribution in [0.15, 0.2) is 0 Å². The number of amides is 1. The van der Waals surface area contributed by atoms with Gasteiger partial charge in [-0.25, -0.2) is 0 Å². The van der Waals surface area contributed by atoms with E-state index in [1.165, 1.54) is 6.92 Å². The van der Waals surface area contributed by atoms with Crippen molar-refractivity contribution in [3.05, 3.63) is 0 Å². The highest BCUT2D eigenvalue weighted by Crippen LogP contribution is 2.06. The van der Waals surface area contributed by atoms with Crippen molar-refractivity contribution in [2.45, 2.75) is 26.3 Å². The molecule has 0 bridgehead atoms. The van der Waals surface area contributed by atoms with Crippen LogP contribution in [0.25, 0.3) is 0 Å². The number of carbonyl (C=O) groups excluding carboxylic acids is 2. The number of hydrogen-bond donors (Lipinski definition) is 1. The van der Waals surface area contributed by atoms with Gasteiger partial charge in [-0.2, -0.15) is 11.8 Å². The van der Waals surface area contributed by atoms with Crippen LogP contribution in [-0.4, -0.2) is 35.1 Å². The number of hydrogen-bond acceptors (Lipinski definition) is 3. The molecule has 0 rings (SSSR count). The van der Waals surface area contributed by atoms with Crippen molar-refractivity contribution < 1.29 is 9.59 Å². The topological polar surface area (TPSA) is 46.2 Å². The Bertz CT molecular complexity index is 199. The average Bonchev–Trinajstić information content (AvgIpc) is 2.15. The van der Waals surface area contributed by atoms with Gasteiger partial charge in [0.1, 0.15) is 0 Å². The standard InChI is InChI=1S/C9H16ClNO2S/c1-3-4-14-6-8(9(13)5-10)11-7(2)12/h8H,3-6H2,1-2H3,(H,11,12)/t8-/m0/s1. The van der Waals surface area contributed by atoms with Gasteiger partial charge in [0.2, 0.25) is 5.91 Å². The van der Waals surface area contributed by atoms with Crippen LogP contribution in [0.3, 0.4) is 0 Å². The molecule has 5 heteroatoms. The minimum atomic E-state index is -0.429. The van der Waals surface area contributed by atoms with E-state index in [2.05, 4.69) is 12.2 Å². The van der Waals surface area contributed by atoms with Crippen LogP contribution in [0.1, 0.15) is 20.3 Å². The zero-order valence-corrected chi connectivity index (χ0v) is 10.1. The summed E-state index contributed by atoms with van der Waals surface area (Å²) < 4.78 is 0. The van der Waals surface area contributed by atoms with E-state index in [-0.39, 0.29) is 17.6 Å². The Morgan fingerprint density at radius 2 is 2.14 bits per heavy atom. The van der Waals surface area contributed by atoms with E-state index in [9.17, 15) is 9.59 Å². The van der Waals surface area contributed by atoms with E-state index < -0.39 is 6.04 Å². The second-order valence-electron chi connectivity index (χ2n) is 2.93. The molecule has 0 aromatic heterocycles. The fourth-order valence-electron chi connectivity index (χ4n) is 0.899. The van der Waals surface area contributed by atoms with Crippen LogP contribution in [0.5, 0.6) is 0 Å². The molecule has 0 spiro atoms. The quantitative estimate of drug-likeness (QED) is 0.539. The Morgan fingerprint density at radius 3 is 2.57 bits per heavy atom. The SMILES string of the molecule is CCCSC[C@H](NC(C)=O)C(=O)CCl. The Morgan fingerprint density at radius 1 is 1.50 bits per heavy atom. The smallest absolute Gasteiger partial charge is 0.217 e. The van der Waals surface area contributed by atoms with Gasteiger partial charge in [0.15, 0.2) is 5.78 Å². The first kappa shape index (κ1) is 13.8. The van der Waals surface area contributed by atoms with Gasteiger partial charge < -0.3 is 5.32 Å². The molecule has 0 aliphatic rings. The Balaban J connectivity index is 3.97. The van der Waals surface area contributed by atoms with Crippen molar-refractivity contribution in [3.63, 3.8) is 0 Å². The average molecular weight is 238 g/mol. The highest BCUT2D eigenvalue weighted by Gasteiger charge is 2.17. The summed E-state index contributed by atoms with van der Waals surface area (Å²) in [5.41, 5.74) is 0. The molecule has 0 aliphatic heterocycles. The van der Waals surface area contributed by atoms with Gasteiger partial charge >= 0.3 is 0 Å². The predicted molar refractivity (Wildman–Crippen MR) is 60.9 cm³/mol. The van der Waals surface area contributed by atoms with E-state index in [1.54, 1.807) is 11.8 Å². The maximum Gasteiger partial charge on any atom is 0.217 e. The highest BCUT2D eigenvalue weighted by molar-refractivity contribution is 7.99. The number of nitrogens with one attached hydrogen (secondary N) is 1. The van der Waals surface area contributed by atoms with Crippen LogP contribution in [-0.2, 0) is 9.59 Å². The molecule has 0 saturated carbocycles. The maximum absolute atomic E-state index is 11.3. The van der Waals surface area contributed by atoms with Gasteiger partial charge in [-0.05, 0) is 12.2 Å². The van der Waals surface area contributed by atoms with E-state index >= 15 is 0 Å². The van der Waals surface area contributed by atoms with Gasteiger partial charge in [-0.15, -0.1) is 11.6 Å². The lowest BCUT2D eigenvalue weighted by molar-refractivity contribution is -0.124. The van der Waals surface area contributed by atoms with E-state index in [4.69, 9.17) is 11.6 Å². The molecule has 1 N–H and O–H groups in total. The summed E-state index contributed by atoms with van der Waals surface area (Å²) in [5, 5.41) is 2.60. The van der Waals surface area contributed by atoms with Gasteiger partial charge in [-0.1, -0.05) is 6.92 Å². The predicted octanol–water partition coefficient (Wildman–Crippen LogP) is 1.44. The molecule has 82 valence electrons. The molecule has 0 unspecified atom stereocenters. The van der Waals surface area contributed by atoms with Crippen LogP contribution < -0.4 is 5.32 Å². The first-order valence-corrected chi connectivity index (χ1v) is 6.24. The third-order valence-electron chi connectivity index (χ3n) is 1.53. The molecule has 0 heterocycles. The minimum absolute atomic E-state index is 0.0440. The third-order valence-corrected chi connectivity index (χ3v) is 3.06. The number of halogens is 1. The molecule has 0 saturated heterocycles. The molecule has 3 nitrogen and oxygen atoms in total. The number of ketones is 1. The lowest BCUT2D eigenvalue weighted by Crippen LogP contribution is -2.42. The van der Waals surface area contributed by atoms with Crippen LogP contribution in [0, 0.1) is 0 Å². The summed E-state index contributed by atoms with van der Waals surface area (Å²) >= 11 is 7.09. The third kappa shape index (κ3) is 6.27. The van der Waals surface area contributed by atoms with Crippen molar-refractivity contribution >= 4 is 35.1 Å². The van der Waals surface area contributed by atoms with E-state index in [0.29, 0.717) is 5.75 Å². The van der Waals surface area contributed by atoms with Gasteiger partial charge in [0.25, 0.3) is 0 Å². The number of alkyl halides is 1. The first-order chi connectivity index (χ1) is 6.61. The summed E-state index contributed by atoms with van der Waals surface area (Å²) in [7, 11) is 0. The van der Waals surface area contributed by atoms with Crippen molar-refractivity contribution in [2.75, 3.05) is 17.4 Å². The molecule has 0 aromatic carbocycles. The number of carbonyl (C=O) groups is 2. The molecule has 1 atom stereocenters. The Labute approximate surface area is 94.0 Å². The Kier molecular flexibility index (Phi) is 7.99. The van der Waals surface area contributed by atoms with Crippen LogP contribution >= 0.6 is 23.4 Å². The van der Waals surface area contributed by atoms with Crippen molar-refractivity contribution in [2.24, 2.45) is 0 Å². The largest absolute Gasteiger partial charge is 0.346 e. The zero-order chi connectivity index (χ0) is 11.0. The molecule has 14 heavy (non-hydrogen) atoms. The van der Waals surface area contributed by atoms with Gasteiger partial charge in [0.05, 0.1) is 11.9 Å². The second-order valence-corrected chi connectivity index (χ2v) is 4.35. The summed E-state index contributed by atoms with van der Waals surface area (Å²) in [6.07, 6.45) is 1.06. The summed E-state index contributed by atoms with van der Waals surface area (Å²) in [6, 6.07) is -0.429. The zero-order valence-electron chi connectivity index (χ0n) is 8.51. The van der Waals surface area contributed by atoms with Crippen molar-refractivity contribution in [3.8, 4) is 0 Å². The first-order valence-electron chi connectivity index (χ1n) is 4.55. The fourth-order valence-corrected chi connectivity index (χ4v) is 2.05. The summed E-state index contributed by atoms with van der Waals surface area (Å²) in [4.78, 5) is 22.1. The van der Waals surface area contributed by atoms with Gasteiger partial charge in [-0.3, -0.25) is 9.59 Å². The van der Waals surface area contributed by atoms with Crippen LogP contribution in [0.2, 0.25) is 0 Å². The van der Waals surface area contributed by atoms with Gasteiger partial charge in [0, 0.05) is 12.7 Å². The summed E-state index contributed by atoms with van der Waals surface area (Å²) in [6.45, 7) is 3.47. The lowest BCUT2D eigenvalue weighted by Gasteiger charge is -2.14. The number of rotatable bonds is 7. The molecular weight excluding hydrogens is 222 g/mol. The molecule has 0 aromatic rings.